The molecule has 2 fully saturated rings. The number of likely N-dealkylation sites (tertiary alicyclic amines) is 1. The Kier molecular flexibility index (Phi) is 10.9. The van der Waals surface area contributed by atoms with Gasteiger partial charge in [-0.25, -0.2) is 0 Å². The van der Waals surface area contributed by atoms with Gasteiger partial charge in [-0.3, -0.25) is 9.89 Å². The van der Waals surface area contributed by atoms with Crippen LogP contribution in [-0.2, 0) is 11.3 Å². The molecule has 3 atom stereocenters. The van der Waals surface area contributed by atoms with Crippen LogP contribution >= 0.6 is 35.3 Å². The number of halogens is 1. The zero-order valence-electron chi connectivity index (χ0n) is 19.2. The molecule has 7 heteroatoms. The predicted molar refractivity (Wildman–Crippen MR) is 139 cm³/mol. The molecular weight excluding hydrogens is 507 g/mol. The monoisotopic (exact) mass is 548 g/mol. The average Bonchev–Trinajstić information content (AvgIpc) is 3.21. The van der Waals surface area contributed by atoms with Crippen LogP contribution in [0.25, 0.3) is 0 Å². The topological polar surface area (TPSA) is 48.9 Å². The van der Waals surface area contributed by atoms with Crippen LogP contribution < -0.4 is 10.6 Å². The number of guanidine groups is 1. The van der Waals surface area contributed by atoms with Crippen molar-refractivity contribution in [3.63, 3.8) is 0 Å². The molecule has 5 nitrogen and oxygen atoms in total. The lowest BCUT2D eigenvalue weighted by molar-refractivity contribution is -0.0835. The maximum atomic E-state index is 6.13. The molecule has 1 aromatic rings. The Hall–Kier alpha value is -0.380. The lowest BCUT2D eigenvalue weighted by Gasteiger charge is -2.40. The van der Waals surface area contributed by atoms with Crippen LogP contribution in [0.15, 0.2) is 22.5 Å². The van der Waals surface area contributed by atoms with Gasteiger partial charge in [-0.15, -0.1) is 35.3 Å². The van der Waals surface area contributed by atoms with Crippen LogP contribution in [0.2, 0.25) is 0 Å². The maximum absolute atomic E-state index is 6.13. The number of rotatable bonds is 6. The molecule has 1 aromatic heterocycles. The SMILES string of the molecule is CN=C(NCC1CCCN(Cc2cccs2)C1)NCC1CCCOC1C(C)(C)C.I. The minimum atomic E-state index is 0. The normalized spacial score (nSPS) is 26.1. The highest BCUT2D eigenvalue weighted by atomic mass is 127. The summed E-state index contributed by atoms with van der Waals surface area (Å²) in [7, 11) is 1.87. The molecule has 0 aromatic carbocycles. The molecule has 0 aliphatic carbocycles. The van der Waals surface area contributed by atoms with Crippen LogP contribution in [0.4, 0.5) is 0 Å². The van der Waals surface area contributed by atoms with Gasteiger partial charge >= 0.3 is 0 Å². The molecule has 0 saturated carbocycles. The number of thiophene rings is 1. The first-order valence-corrected chi connectivity index (χ1v) is 12.1. The summed E-state index contributed by atoms with van der Waals surface area (Å²) in [6.45, 7) is 13.2. The first-order valence-electron chi connectivity index (χ1n) is 11.3. The van der Waals surface area contributed by atoms with E-state index >= 15 is 0 Å². The zero-order chi connectivity index (χ0) is 20.7. The van der Waals surface area contributed by atoms with Crippen molar-refractivity contribution in [2.75, 3.05) is 39.8 Å². The summed E-state index contributed by atoms with van der Waals surface area (Å²) in [4.78, 5) is 8.54. The molecule has 0 spiro atoms. The van der Waals surface area contributed by atoms with E-state index in [0.29, 0.717) is 17.9 Å². The fraction of sp³-hybridized carbons (Fsp3) is 0.783. The Labute approximate surface area is 204 Å². The molecule has 2 saturated heterocycles. The second kappa shape index (κ2) is 12.6. The van der Waals surface area contributed by atoms with E-state index in [1.165, 1.54) is 37.2 Å². The second-order valence-electron chi connectivity index (χ2n) is 9.72. The van der Waals surface area contributed by atoms with Crippen molar-refractivity contribution in [2.24, 2.45) is 22.2 Å². The van der Waals surface area contributed by atoms with Gasteiger partial charge in [0.1, 0.15) is 0 Å². The van der Waals surface area contributed by atoms with Crippen molar-refractivity contribution in [1.82, 2.24) is 15.5 Å². The quantitative estimate of drug-likeness (QED) is 0.311. The maximum Gasteiger partial charge on any atom is 0.190 e. The summed E-state index contributed by atoms with van der Waals surface area (Å²) < 4.78 is 6.13. The highest BCUT2D eigenvalue weighted by Gasteiger charge is 2.35. The molecule has 172 valence electrons. The predicted octanol–water partition coefficient (Wildman–Crippen LogP) is 4.58. The summed E-state index contributed by atoms with van der Waals surface area (Å²) in [5, 5.41) is 9.34. The van der Waals surface area contributed by atoms with Gasteiger partial charge in [0.15, 0.2) is 5.96 Å². The minimum Gasteiger partial charge on any atom is -0.377 e. The molecule has 0 radical (unpaired) electrons. The smallest absolute Gasteiger partial charge is 0.190 e. The standard InChI is InChI=1S/C23H40N4OS.HI/c1-23(2,3)21-19(9-6-12-28-21)15-26-22(24-4)25-14-18-8-5-11-27(16-18)17-20-10-7-13-29-20;/h7,10,13,18-19,21H,5-6,8-9,11-12,14-17H2,1-4H3,(H2,24,25,26);1H. The van der Waals surface area contributed by atoms with E-state index in [0.717, 1.165) is 38.6 Å². The Morgan fingerprint density at radius 3 is 2.73 bits per heavy atom. The van der Waals surface area contributed by atoms with E-state index < -0.39 is 0 Å². The fourth-order valence-electron chi connectivity index (χ4n) is 4.78. The number of aliphatic imine (C=N–C) groups is 1. The summed E-state index contributed by atoms with van der Waals surface area (Å²) in [5.41, 5.74) is 0.178. The van der Waals surface area contributed by atoms with Crippen molar-refractivity contribution in [3.05, 3.63) is 22.4 Å². The van der Waals surface area contributed by atoms with Crippen molar-refractivity contribution in [3.8, 4) is 0 Å². The molecule has 3 heterocycles. The van der Waals surface area contributed by atoms with Gasteiger partial charge in [-0.05, 0) is 55.0 Å². The minimum absolute atomic E-state index is 0. The second-order valence-corrected chi connectivity index (χ2v) is 10.7. The van der Waals surface area contributed by atoms with Crippen LogP contribution in [0, 0.1) is 17.3 Å². The van der Waals surface area contributed by atoms with Crippen molar-refractivity contribution in [1.29, 1.82) is 0 Å². The van der Waals surface area contributed by atoms with Gasteiger partial charge in [0, 0.05) is 50.6 Å². The highest BCUT2D eigenvalue weighted by molar-refractivity contribution is 14.0. The van der Waals surface area contributed by atoms with Gasteiger partial charge in [0.2, 0.25) is 0 Å². The number of piperidine rings is 1. The molecule has 0 bridgehead atoms. The first kappa shape index (κ1) is 25.9. The zero-order valence-corrected chi connectivity index (χ0v) is 22.3. The third kappa shape index (κ3) is 7.95. The van der Waals surface area contributed by atoms with E-state index in [1.54, 1.807) is 0 Å². The molecule has 30 heavy (non-hydrogen) atoms. The highest BCUT2D eigenvalue weighted by Crippen LogP contribution is 2.33. The van der Waals surface area contributed by atoms with E-state index in [9.17, 15) is 0 Å². The average molecular weight is 549 g/mol. The van der Waals surface area contributed by atoms with E-state index in [2.05, 4.69) is 58.8 Å². The Balaban J connectivity index is 0.00000320. The number of nitrogens with zero attached hydrogens (tertiary/aromatic N) is 2. The van der Waals surface area contributed by atoms with Gasteiger partial charge in [-0.2, -0.15) is 0 Å². The van der Waals surface area contributed by atoms with Crippen LogP contribution in [0.1, 0.15) is 51.3 Å². The van der Waals surface area contributed by atoms with Crippen LogP contribution in [0.5, 0.6) is 0 Å². The van der Waals surface area contributed by atoms with Gasteiger partial charge in [-0.1, -0.05) is 26.8 Å². The van der Waals surface area contributed by atoms with Crippen molar-refractivity contribution < 1.29 is 4.74 Å². The van der Waals surface area contributed by atoms with Gasteiger partial charge < -0.3 is 15.4 Å². The lowest BCUT2D eigenvalue weighted by atomic mass is 9.78. The van der Waals surface area contributed by atoms with Crippen LogP contribution in [0.3, 0.4) is 0 Å². The summed E-state index contributed by atoms with van der Waals surface area (Å²) in [5.74, 6) is 2.15. The molecule has 2 aliphatic rings. The van der Waals surface area contributed by atoms with E-state index in [1.807, 2.05) is 18.4 Å². The fourth-order valence-corrected chi connectivity index (χ4v) is 5.53. The third-order valence-corrected chi connectivity index (χ3v) is 7.04. The molecule has 3 rings (SSSR count). The molecule has 2 aliphatic heterocycles. The van der Waals surface area contributed by atoms with Gasteiger partial charge in [0.05, 0.1) is 6.10 Å². The summed E-state index contributed by atoms with van der Waals surface area (Å²) in [6, 6.07) is 4.40. The molecule has 3 unspecified atom stereocenters. The number of hydrogen-bond donors (Lipinski definition) is 2. The Morgan fingerprint density at radius 1 is 1.23 bits per heavy atom. The van der Waals surface area contributed by atoms with Crippen LogP contribution in [-0.4, -0.2) is 56.8 Å². The van der Waals surface area contributed by atoms with E-state index in [-0.39, 0.29) is 29.4 Å². The lowest BCUT2D eigenvalue weighted by Crippen LogP contribution is -2.49. The molecular formula is C23H41IN4OS. The molecule has 0 amide bonds. The Bertz CT molecular complexity index is 632. The number of nitrogens with one attached hydrogen (secondary N) is 2. The number of hydrogen-bond acceptors (Lipinski definition) is 4. The van der Waals surface area contributed by atoms with Crippen molar-refractivity contribution in [2.45, 2.75) is 59.1 Å². The number of ether oxygens (including phenoxy) is 1. The van der Waals surface area contributed by atoms with Crippen molar-refractivity contribution >= 4 is 41.3 Å². The van der Waals surface area contributed by atoms with Gasteiger partial charge in [0.25, 0.3) is 0 Å². The van der Waals surface area contributed by atoms with E-state index in [4.69, 9.17) is 4.74 Å². The largest absolute Gasteiger partial charge is 0.377 e. The third-order valence-electron chi connectivity index (χ3n) is 6.17. The molecule has 2 N–H and O–H groups in total. The summed E-state index contributed by atoms with van der Waals surface area (Å²) >= 11 is 1.86. The first-order chi connectivity index (χ1) is 14.0. The summed E-state index contributed by atoms with van der Waals surface area (Å²) in [6.07, 6.45) is 5.29. The Morgan fingerprint density at radius 2 is 2.03 bits per heavy atom.